The number of carbonyl (C=O) groups excluding carboxylic acids is 1. The van der Waals surface area contributed by atoms with E-state index in [1.807, 2.05) is 13.0 Å². The van der Waals surface area contributed by atoms with Gasteiger partial charge in [0.25, 0.3) is 5.91 Å². The molecule has 0 unspecified atom stereocenters. The minimum absolute atomic E-state index is 0.220. The molecule has 7 nitrogen and oxygen atoms in total. The van der Waals surface area contributed by atoms with Gasteiger partial charge in [0.15, 0.2) is 0 Å². The van der Waals surface area contributed by atoms with Gasteiger partial charge in [0.1, 0.15) is 11.6 Å². The molecule has 0 bridgehead atoms. The van der Waals surface area contributed by atoms with E-state index in [0.717, 1.165) is 36.7 Å². The molecule has 0 aliphatic carbocycles. The third-order valence-electron chi connectivity index (χ3n) is 5.69. The Balaban J connectivity index is 1.38. The van der Waals surface area contributed by atoms with Crippen molar-refractivity contribution in [1.82, 2.24) is 14.9 Å². The number of rotatable bonds is 4. The largest absolute Gasteiger partial charge is 0.573 e. The molecule has 2 saturated heterocycles. The van der Waals surface area contributed by atoms with Crippen molar-refractivity contribution < 1.29 is 22.7 Å². The molecular formula is C22H26F3N5O2. The zero-order chi connectivity index (χ0) is 22.7. The maximum Gasteiger partial charge on any atom is 0.573 e. The predicted molar refractivity (Wildman–Crippen MR) is 114 cm³/mol. The number of hydrogen-bond donors (Lipinski definition) is 0. The fraction of sp³-hybridized carbons (Fsp3) is 0.500. The van der Waals surface area contributed by atoms with Gasteiger partial charge in [-0.05, 0) is 50.5 Å². The van der Waals surface area contributed by atoms with E-state index in [-0.39, 0.29) is 11.7 Å². The minimum atomic E-state index is -4.76. The van der Waals surface area contributed by atoms with Crippen molar-refractivity contribution in [2.75, 3.05) is 49.1 Å². The van der Waals surface area contributed by atoms with Crippen LogP contribution < -0.4 is 14.5 Å². The second kappa shape index (κ2) is 9.22. The lowest BCUT2D eigenvalue weighted by molar-refractivity contribution is -0.274. The third-order valence-corrected chi connectivity index (χ3v) is 5.69. The SMILES string of the molecule is Cc1cc(N2CCCCC2)nc(N2CCN(C(=O)c3ccc(OC(F)(F)F)cc3)CC2)n1. The summed E-state index contributed by atoms with van der Waals surface area (Å²) in [5.74, 6) is 1.06. The summed E-state index contributed by atoms with van der Waals surface area (Å²) in [6.45, 7) is 6.11. The van der Waals surface area contributed by atoms with E-state index in [1.165, 1.54) is 31.4 Å². The summed E-state index contributed by atoms with van der Waals surface area (Å²) in [4.78, 5) is 28.2. The van der Waals surface area contributed by atoms with Crippen molar-refractivity contribution in [2.45, 2.75) is 32.5 Å². The molecule has 0 radical (unpaired) electrons. The summed E-state index contributed by atoms with van der Waals surface area (Å²) >= 11 is 0. The maximum atomic E-state index is 12.8. The van der Waals surface area contributed by atoms with Gasteiger partial charge in [-0.25, -0.2) is 4.98 Å². The lowest BCUT2D eigenvalue weighted by atomic mass is 10.1. The van der Waals surface area contributed by atoms with E-state index in [4.69, 9.17) is 4.98 Å². The molecule has 3 heterocycles. The normalized spacial score (nSPS) is 17.4. The molecule has 4 rings (SSSR count). The van der Waals surface area contributed by atoms with E-state index in [0.29, 0.717) is 37.7 Å². The van der Waals surface area contributed by atoms with Crippen LogP contribution in [0.2, 0.25) is 0 Å². The number of piperidine rings is 1. The van der Waals surface area contributed by atoms with Crippen LogP contribution in [0.5, 0.6) is 5.75 Å². The van der Waals surface area contributed by atoms with E-state index in [1.54, 1.807) is 4.90 Å². The molecule has 1 amide bonds. The lowest BCUT2D eigenvalue weighted by Crippen LogP contribution is -2.49. The Hall–Kier alpha value is -3.04. The smallest absolute Gasteiger partial charge is 0.406 e. The van der Waals surface area contributed by atoms with Gasteiger partial charge >= 0.3 is 6.36 Å². The summed E-state index contributed by atoms with van der Waals surface area (Å²) in [6.07, 6.45) is -1.17. The Bertz CT molecular complexity index is 938. The van der Waals surface area contributed by atoms with Crippen molar-refractivity contribution in [3.05, 3.63) is 41.6 Å². The van der Waals surface area contributed by atoms with Crippen LogP contribution in [0.3, 0.4) is 0 Å². The Morgan fingerprint density at radius 2 is 1.56 bits per heavy atom. The van der Waals surface area contributed by atoms with E-state index < -0.39 is 6.36 Å². The number of alkyl halides is 3. The highest BCUT2D eigenvalue weighted by Crippen LogP contribution is 2.24. The summed E-state index contributed by atoms with van der Waals surface area (Å²) in [5.41, 5.74) is 1.24. The summed E-state index contributed by atoms with van der Waals surface area (Å²) < 4.78 is 40.8. The van der Waals surface area contributed by atoms with E-state index in [9.17, 15) is 18.0 Å². The Labute approximate surface area is 184 Å². The number of amides is 1. The van der Waals surface area contributed by atoms with Gasteiger partial charge in [-0.1, -0.05) is 0 Å². The fourth-order valence-corrected chi connectivity index (χ4v) is 4.05. The average molecular weight is 449 g/mol. The maximum absolute atomic E-state index is 12.8. The molecule has 10 heteroatoms. The van der Waals surface area contributed by atoms with Gasteiger partial charge in [-0.2, -0.15) is 4.98 Å². The third kappa shape index (κ3) is 5.41. The number of benzene rings is 1. The summed E-state index contributed by atoms with van der Waals surface area (Å²) in [7, 11) is 0. The second-order valence-corrected chi connectivity index (χ2v) is 8.07. The van der Waals surface area contributed by atoms with Crippen molar-refractivity contribution in [3.8, 4) is 5.75 Å². The first-order valence-electron chi connectivity index (χ1n) is 10.8. The molecule has 1 aromatic carbocycles. The molecule has 2 fully saturated rings. The topological polar surface area (TPSA) is 61.8 Å². The molecule has 2 aliphatic heterocycles. The number of nitrogens with zero attached hydrogens (tertiary/aromatic N) is 5. The highest BCUT2D eigenvalue weighted by molar-refractivity contribution is 5.94. The van der Waals surface area contributed by atoms with Crippen molar-refractivity contribution >= 4 is 17.7 Å². The van der Waals surface area contributed by atoms with Crippen LogP contribution in [0.4, 0.5) is 24.9 Å². The van der Waals surface area contributed by atoms with Crippen LogP contribution in [-0.4, -0.2) is 66.4 Å². The molecule has 2 aliphatic rings. The van der Waals surface area contributed by atoms with Gasteiger partial charge in [-0.15, -0.1) is 13.2 Å². The van der Waals surface area contributed by atoms with E-state index in [2.05, 4.69) is 19.5 Å². The van der Waals surface area contributed by atoms with Crippen molar-refractivity contribution in [3.63, 3.8) is 0 Å². The van der Waals surface area contributed by atoms with Crippen LogP contribution in [0.25, 0.3) is 0 Å². The van der Waals surface area contributed by atoms with Crippen LogP contribution >= 0.6 is 0 Å². The Morgan fingerprint density at radius 1 is 0.906 bits per heavy atom. The number of hydrogen-bond acceptors (Lipinski definition) is 6. The average Bonchev–Trinajstić information content (AvgIpc) is 2.78. The van der Waals surface area contributed by atoms with Crippen molar-refractivity contribution in [1.29, 1.82) is 0 Å². The first-order chi connectivity index (χ1) is 15.3. The van der Waals surface area contributed by atoms with Crippen molar-refractivity contribution in [2.24, 2.45) is 0 Å². The molecular weight excluding hydrogens is 423 g/mol. The highest BCUT2D eigenvalue weighted by Gasteiger charge is 2.31. The number of carbonyl (C=O) groups is 1. The van der Waals surface area contributed by atoms with Gasteiger partial charge in [-0.3, -0.25) is 4.79 Å². The zero-order valence-corrected chi connectivity index (χ0v) is 17.9. The zero-order valence-electron chi connectivity index (χ0n) is 17.9. The minimum Gasteiger partial charge on any atom is -0.406 e. The monoisotopic (exact) mass is 449 g/mol. The molecule has 172 valence electrons. The molecule has 32 heavy (non-hydrogen) atoms. The number of anilines is 2. The van der Waals surface area contributed by atoms with Gasteiger partial charge < -0.3 is 19.4 Å². The molecule has 0 N–H and O–H groups in total. The molecule has 1 aromatic heterocycles. The van der Waals surface area contributed by atoms with E-state index >= 15 is 0 Å². The Kier molecular flexibility index (Phi) is 6.38. The number of aromatic nitrogens is 2. The number of halogens is 3. The standard InChI is InChI=1S/C22H26F3N5O2/c1-16-15-19(28-9-3-2-4-10-28)27-21(26-16)30-13-11-29(12-14-30)20(31)17-5-7-18(8-6-17)32-22(23,24)25/h5-8,15H,2-4,9-14H2,1H3. The number of ether oxygens (including phenoxy) is 1. The summed E-state index contributed by atoms with van der Waals surface area (Å²) in [6, 6.07) is 7.02. The molecule has 0 saturated carbocycles. The second-order valence-electron chi connectivity index (χ2n) is 8.07. The number of aryl methyl sites for hydroxylation is 1. The van der Waals surface area contributed by atoms with Gasteiger partial charge in [0, 0.05) is 56.6 Å². The summed E-state index contributed by atoms with van der Waals surface area (Å²) in [5, 5.41) is 0. The molecule has 2 aromatic rings. The quantitative estimate of drug-likeness (QED) is 0.711. The first kappa shape index (κ1) is 22.2. The Morgan fingerprint density at radius 3 is 2.19 bits per heavy atom. The highest BCUT2D eigenvalue weighted by atomic mass is 19.4. The van der Waals surface area contributed by atoms with Crippen LogP contribution in [0, 0.1) is 6.92 Å². The van der Waals surface area contributed by atoms with Gasteiger partial charge in [0.05, 0.1) is 0 Å². The van der Waals surface area contributed by atoms with Crippen LogP contribution in [0.15, 0.2) is 30.3 Å². The predicted octanol–water partition coefficient (Wildman–Crippen LogP) is 3.64. The van der Waals surface area contributed by atoms with Crippen LogP contribution in [0.1, 0.15) is 35.3 Å². The fourth-order valence-electron chi connectivity index (χ4n) is 4.05. The van der Waals surface area contributed by atoms with Crippen LogP contribution in [-0.2, 0) is 0 Å². The number of piperazine rings is 1. The molecule has 0 atom stereocenters. The molecule has 0 spiro atoms. The lowest BCUT2D eigenvalue weighted by Gasteiger charge is -2.35. The van der Waals surface area contributed by atoms with Gasteiger partial charge in [0.2, 0.25) is 5.95 Å². The first-order valence-corrected chi connectivity index (χ1v) is 10.8.